The average molecular weight is 329 g/mol. The molecule has 0 radical (unpaired) electrons. The van der Waals surface area contributed by atoms with E-state index in [2.05, 4.69) is 15.0 Å². The lowest BCUT2D eigenvalue weighted by atomic mass is 10.3. The molecule has 24 heavy (non-hydrogen) atoms. The second-order valence-corrected chi connectivity index (χ2v) is 5.24. The van der Waals surface area contributed by atoms with Crippen molar-refractivity contribution in [3.63, 3.8) is 0 Å². The first kappa shape index (κ1) is 16.0. The second kappa shape index (κ2) is 7.58. The largest absolute Gasteiger partial charge is 0.482 e. The van der Waals surface area contributed by atoms with Gasteiger partial charge in [0.1, 0.15) is 5.75 Å². The molecule has 1 aliphatic rings. The molecule has 2 aromatic heterocycles. The Morgan fingerprint density at radius 1 is 1.21 bits per heavy atom. The van der Waals surface area contributed by atoms with E-state index >= 15 is 0 Å². The lowest BCUT2D eigenvalue weighted by molar-refractivity contribution is -0.133. The molecule has 0 aliphatic carbocycles. The van der Waals surface area contributed by atoms with Crippen LogP contribution in [0.4, 0.5) is 5.95 Å². The zero-order chi connectivity index (χ0) is 16.8. The van der Waals surface area contributed by atoms with Gasteiger partial charge in [-0.15, -0.1) is 0 Å². The number of methoxy groups -OCH3 is 1. The standard InChI is InChI=1S/C16H19N5O3/c1-23-14-4-6-18-16(19-14)21-9-7-20(8-10-21)15(22)12-24-13-3-2-5-17-11-13/h2-6,11H,7-10,12H2,1H3. The quantitative estimate of drug-likeness (QED) is 0.795. The van der Waals surface area contributed by atoms with Crippen molar-refractivity contribution in [2.45, 2.75) is 0 Å². The number of aromatic nitrogens is 3. The summed E-state index contributed by atoms with van der Waals surface area (Å²) in [6, 6.07) is 5.25. The highest BCUT2D eigenvalue weighted by molar-refractivity contribution is 5.78. The van der Waals surface area contributed by atoms with E-state index in [0.29, 0.717) is 43.8 Å². The Hall–Kier alpha value is -2.90. The molecule has 1 amide bonds. The third-order valence-corrected chi connectivity index (χ3v) is 3.74. The first-order chi connectivity index (χ1) is 11.8. The first-order valence-electron chi connectivity index (χ1n) is 7.69. The molecule has 0 spiro atoms. The lowest BCUT2D eigenvalue weighted by Gasteiger charge is -2.34. The molecule has 2 aromatic rings. The molecule has 3 heterocycles. The number of pyridine rings is 1. The van der Waals surface area contributed by atoms with Gasteiger partial charge in [0.05, 0.1) is 13.3 Å². The summed E-state index contributed by atoms with van der Waals surface area (Å²) in [5.74, 6) is 1.70. The molecule has 1 fully saturated rings. The predicted molar refractivity (Wildman–Crippen MR) is 87.1 cm³/mol. The molecule has 0 unspecified atom stereocenters. The Balaban J connectivity index is 1.50. The zero-order valence-electron chi connectivity index (χ0n) is 13.5. The maximum absolute atomic E-state index is 12.2. The fourth-order valence-corrected chi connectivity index (χ4v) is 2.42. The third kappa shape index (κ3) is 3.89. The SMILES string of the molecule is COc1ccnc(N2CCN(C(=O)COc3cccnc3)CC2)n1. The van der Waals surface area contributed by atoms with Gasteiger partial charge in [0.2, 0.25) is 11.8 Å². The molecular weight excluding hydrogens is 310 g/mol. The number of carbonyl (C=O) groups excluding carboxylic acids is 1. The van der Waals surface area contributed by atoms with E-state index in [1.54, 1.807) is 48.8 Å². The molecule has 0 bridgehead atoms. The first-order valence-corrected chi connectivity index (χ1v) is 7.69. The van der Waals surface area contributed by atoms with Gasteiger partial charge in [-0.25, -0.2) is 4.98 Å². The summed E-state index contributed by atoms with van der Waals surface area (Å²) in [7, 11) is 1.57. The van der Waals surface area contributed by atoms with E-state index < -0.39 is 0 Å². The van der Waals surface area contributed by atoms with Crippen LogP contribution in [0.2, 0.25) is 0 Å². The van der Waals surface area contributed by atoms with Gasteiger partial charge in [-0.3, -0.25) is 9.78 Å². The summed E-state index contributed by atoms with van der Waals surface area (Å²) in [5, 5.41) is 0. The highest BCUT2D eigenvalue weighted by Gasteiger charge is 2.23. The van der Waals surface area contributed by atoms with E-state index in [1.807, 2.05) is 4.90 Å². The van der Waals surface area contributed by atoms with Crippen LogP contribution >= 0.6 is 0 Å². The Kier molecular flexibility index (Phi) is 5.05. The maximum atomic E-state index is 12.2. The normalized spacial score (nSPS) is 14.4. The molecule has 126 valence electrons. The van der Waals surface area contributed by atoms with E-state index in [1.165, 1.54) is 0 Å². The summed E-state index contributed by atoms with van der Waals surface area (Å²) in [5.41, 5.74) is 0. The Morgan fingerprint density at radius 3 is 2.75 bits per heavy atom. The minimum Gasteiger partial charge on any atom is -0.482 e. The van der Waals surface area contributed by atoms with Crippen LogP contribution in [0.1, 0.15) is 0 Å². The number of piperazine rings is 1. The number of anilines is 1. The molecule has 3 rings (SSSR count). The summed E-state index contributed by atoms with van der Waals surface area (Å²) in [4.78, 5) is 28.6. The van der Waals surface area contributed by atoms with Crippen molar-refractivity contribution in [1.82, 2.24) is 19.9 Å². The predicted octanol–water partition coefficient (Wildman–Crippen LogP) is 0.608. The topological polar surface area (TPSA) is 80.7 Å². The van der Waals surface area contributed by atoms with E-state index in [9.17, 15) is 4.79 Å². The van der Waals surface area contributed by atoms with Crippen molar-refractivity contribution in [3.05, 3.63) is 36.8 Å². The van der Waals surface area contributed by atoms with Crippen molar-refractivity contribution in [2.24, 2.45) is 0 Å². The van der Waals surface area contributed by atoms with Crippen LogP contribution < -0.4 is 14.4 Å². The molecular formula is C16H19N5O3. The molecule has 0 atom stereocenters. The molecule has 1 aliphatic heterocycles. The summed E-state index contributed by atoms with van der Waals surface area (Å²) in [6.07, 6.45) is 4.92. The van der Waals surface area contributed by atoms with Gasteiger partial charge in [0.25, 0.3) is 5.91 Å². The van der Waals surface area contributed by atoms with Crippen LogP contribution in [-0.4, -0.2) is 65.7 Å². The molecule has 0 N–H and O–H groups in total. The van der Waals surface area contributed by atoms with E-state index in [4.69, 9.17) is 9.47 Å². The molecule has 8 heteroatoms. The Bertz CT molecular complexity index is 674. The molecule has 8 nitrogen and oxygen atoms in total. The summed E-state index contributed by atoms with van der Waals surface area (Å²) >= 11 is 0. The Labute approximate surface area is 140 Å². The minimum atomic E-state index is -0.0370. The van der Waals surface area contributed by atoms with Crippen LogP contribution in [0.25, 0.3) is 0 Å². The van der Waals surface area contributed by atoms with Crippen LogP contribution in [0, 0.1) is 0 Å². The van der Waals surface area contributed by atoms with Crippen LogP contribution in [0.3, 0.4) is 0 Å². The maximum Gasteiger partial charge on any atom is 0.260 e. The smallest absolute Gasteiger partial charge is 0.260 e. The summed E-state index contributed by atoms with van der Waals surface area (Å²) in [6.45, 7) is 2.57. The van der Waals surface area contributed by atoms with Gasteiger partial charge in [-0.1, -0.05) is 0 Å². The minimum absolute atomic E-state index is 0.0152. The number of amides is 1. The number of hydrogen-bond acceptors (Lipinski definition) is 7. The highest BCUT2D eigenvalue weighted by atomic mass is 16.5. The van der Waals surface area contributed by atoms with Crippen LogP contribution in [0.5, 0.6) is 11.6 Å². The van der Waals surface area contributed by atoms with Crippen molar-refractivity contribution in [3.8, 4) is 11.6 Å². The van der Waals surface area contributed by atoms with Crippen molar-refractivity contribution < 1.29 is 14.3 Å². The fourth-order valence-electron chi connectivity index (χ4n) is 2.42. The van der Waals surface area contributed by atoms with Crippen LogP contribution in [0.15, 0.2) is 36.8 Å². The number of ether oxygens (including phenoxy) is 2. The van der Waals surface area contributed by atoms with Gasteiger partial charge in [-0.2, -0.15) is 4.98 Å². The molecule has 0 saturated carbocycles. The van der Waals surface area contributed by atoms with E-state index in [0.717, 1.165) is 0 Å². The van der Waals surface area contributed by atoms with Crippen molar-refractivity contribution in [2.75, 3.05) is 44.8 Å². The number of carbonyl (C=O) groups is 1. The van der Waals surface area contributed by atoms with Gasteiger partial charge in [-0.05, 0) is 12.1 Å². The van der Waals surface area contributed by atoms with E-state index in [-0.39, 0.29) is 12.5 Å². The fraction of sp³-hybridized carbons (Fsp3) is 0.375. The third-order valence-electron chi connectivity index (χ3n) is 3.74. The van der Waals surface area contributed by atoms with Gasteiger partial charge < -0.3 is 19.3 Å². The Morgan fingerprint density at radius 2 is 2.04 bits per heavy atom. The van der Waals surface area contributed by atoms with Crippen molar-refractivity contribution >= 4 is 11.9 Å². The lowest BCUT2D eigenvalue weighted by Crippen LogP contribution is -2.50. The monoisotopic (exact) mass is 329 g/mol. The number of rotatable bonds is 5. The van der Waals surface area contributed by atoms with Gasteiger partial charge in [0, 0.05) is 44.6 Å². The molecule has 0 aromatic carbocycles. The van der Waals surface area contributed by atoms with Crippen LogP contribution in [-0.2, 0) is 4.79 Å². The second-order valence-electron chi connectivity index (χ2n) is 5.24. The zero-order valence-corrected chi connectivity index (χ0v) is 13.5. The molecule has 1 saturated heterocycles. The highest BCUT2D eigenvalue weighted by Crippen LogP contribution is 2.14. The number of hydrogen-bond donors (Lipinski definition) is 0. The summed E-state index contributed by atoms with van der Waals surface area (Å²) < 4.78 is 10.6. The average Bonchev–Trinajstić information content (AvgIpc) is 2.67. The van der Waals surface area contributed by atoms with Gasteiger partial charge in [0.15, 0.2) is 6.61 Å². The van der Waals surface area contributed by atoms with Crippen molar-refractivity contribution in [1.29, 1.82) is 0 Å². The number of nitrogens with zero attached hydrogens (tertiary/aromatic N) is 5. The van der Waals surface area contributed by atoms with Gasteiger partial charge >= 0.3 is 0 Å².